The molecule has 0 nitrogen and oxygen atoms in total. The van der Waals surface area contributed by atoms with E-state index in [1.165, 1.54) is 62.5 Å². The van der Waals surface area contributed by atoms with Gasteiger partial charge >= 0.3 is 0 Å². The van der Waals surface area contributed by atoms with Gasteiger partial charge in [-0.1, -0.05) is 69.5 Å². The molecule has 1 aliphatic carbocycles. The number of hydrogen-bond acceptors (Lipinski definition) is 0. The summed E-state index contributed by atoms with van der Waals surface area (Å²) < 4.78 is 0. The Morgan fingerprint density at radius 3 is 2.37 bits per heavy atom. The number of rotatable bonds is 6. The van der Waals surface area contributed by atoms with Gasteiger partial charge in [-0.3, -0.25) is 0 Å². The molecule has 0 N–H and O–H groups in total. The standard InChI is InChI=1S/C19H28/c1-3-4-6-9-17-12-14-19(15-13-17)16(2)18-10-7-5-8-11-18/h5,7-8,10-11,17,19H,2-4,6,9,12-15H2,1H3. The van der Waals surface area contributed by atoms with Gasteiger partial charge in [0.05, 0.1) is 0 Å². The van der Waals surface area contributed by atoms with Crippen molar-refractivity contribution in [3.8, 4) is 0 Å². The molecule has 104 valence electrons. The van der Waals surface area contributed by atoms with Gasteiger partial charge in [0.25, 0.3) is 0 Å². The highest BCUT2D eigenvalue weighted by Crippen LogP contribution is 2.38. The normalized spacial score (nSPS) is 23.2. The zero-order valence-corrected chi connectivity index (χ0v) is 12.4. The summed E-state index contributed by atoms with van der Waals surface area (Å²) in [5.74, 6) is 1.72. The maximum atomic E-state index is 4.35. The van der Waals surface area contributed by atoms with Crippen molar-refractivity contribution in [2.45, 2.75) is 58.3 Å². The molecule has 0 atom stereocenters. The monoisotopic (exact) mass is 256 g/mol. The lowest BCUT2D eigenvalue weighted by Crippen LogP contribution is -2.15. The molecule has 0 heteroatoms. The van der Waals surface area contributed by atoms with Crippen molar-refractivity contribution in [1.29, 1.82) is 0 Å². The molecule has 0 amide bonds. The Hall–Kier alpha value is -1.04. The molecule has 0 saturated heterocycles. The summed E-state index contributed by atoms with van der Waals surface area (Å²) in [7, 11) is 0. The number of benzene rings is 1. The Kier molecular flexibility index (Phi) is 5.69. The predicted molar refractivity (Wildman–Crippen MR) is 85.1 cm³/mol. The van der Waals surface area contributed by atoms with Gasteiger partial charge in [-0.25, -0.2) is 0 Å². The molecule has 1 aromatic carbocycles. The molecule has 1 fully saturated rings. The summed E-state index contributed by atoms with van der Waals surface area (Å²) in [5, 5.41) is 0. The van der Waals surface area contributed by atoms with Gasteiger partial charge in [-0.05, 0) is 48.7 Å². The van der Waals surface area contributed by atoms with E-state index in [4.69, 9.17) is 0 Å². The third-order valence-electron chi connectivity index (χ3n) is 4.70. The van der Waals surface area contributed by atoms with Crippen LogP contribution in [0, 0.1) is 11.8 Å². The predicted octanol–water partition coefficient (Wildman–Crippen LogP) is 6.09. The first kappa shape index (κ1) is 14.4. The second kappa shape index (κ2) is 7.53. The van der Waals surface area contributed by atoms with Gasteiger partial charge in [0.2, 0.25) is 0 Å². The summed E-state index contributed by atoms with van der Waals surface area (Å²) in [6.45, 7) is 6.64. The van der Waals surface area contributed by atoms with Crippen molar-refractivity contribution >= 4 is 5.57 Å². The summed E-state index contributed by atoms with van der Waals surface area (Å²) in [4.78, 5) is 0. The molecule has 0 aromatic heterocycles. The van der Waals surface area contributed by atoms with E-state index < -0.39 is 0 Å². The van der Waals surface area contributed by atoms with Crippen LogP contribution in [0.1, 0.15) is 63.9 Å². The number of hydrogen-bond donors (Lipinski definition) is 0. The highest BCUT2D eigenvalue weighted by molar-refractivity contribution is 5.65. The molecule has 1 aromatic rings. The van der Waals surface area contributed by atoms with Gasteiger partial charge in [0.15, 0.2) is 0 Å². The lowest BCUT2D eigenvalue weighted by atomic mass is 9.76. The Balaban J connectivity index is 1.78. The van der Waals surface area contributed by atoms with Gasteiger partial charge in [0.1, 0.15) is 0 Å². The average Bonchev–Trinajstić information content (AvgIpc) is 2.48. The van der Waals surface area contributed by atoms with E-state index in [0.717, 1.165) is 11.8 Å². The molecule has 0 heterocycles. The fourth-order valence-electron chi connectivity index (χ4n) is 3.37. The quantitative estimate of drug-likeness (QED) is 0.540. The first-order valence-corrected chi connectivity index (χ1v) is 8.05. The second-order valence-electron chi connectivity index (χ2n) is 6.10. The first-order valence-electron chi connectivity index (χ1n) is 8.05. The third-order valence-corrected chi connectivity index (χ3v) is 4.70. The van der Waals surface area contributed by atoms with E-state index >= 15 is 0 Å². The molecule has 2 rings (SSSR count). The number of allylic oxidation sites excluding steroid dienone is 1. The molecular weight excluding hydrogens is 228 g/mol. The van der Waals surface area contributed by atoms with E-state index in [1.807, 2.05) is 0 Å². The Labute approximate surface area is 118 Å². The van der Waals surface area contributed by atoms with Crippen molar-refractivity contribution in [3.05, 3.63) is 42.5 Å². The van der Waals surface area contributed by atoms with Gasteiger partial charge in [-0.15, -0.1) is 0 Å². The van der Waals surface area contributed by atoms with Crippen LogP contribution in [0.5, 0.6) is 0 Å². The van der Waals surface area contributed by atoms with E-state index in [2.05, 4.69) is 43.8 Å². The van der Waals surface area contributed by atoms with Crippen LogP contribution in [0.25, 0.3) is 5.57 Å². The van der Waals surface area contributed by atoms with Crippen molar-refractivity contribution in [1.82, 2.24) is 0 Å². The maximum Gasteiger partial charge on any atom is -0.0162 e. The molecule has 1 saturated carbocycles. The summed E-state index contributed by atoms with van der Waals surface area (Å²) in [5.41, 5.74) is 2.71. The third kappa shape index (κ3) is 4.23. The van der Waals surface area contributed by atoms with Gasteiger partial charge in [-0.2, -0.15) is 0 Å². The minimum Gasteiger partial charge on any atom is -0.0950 e. The van der Waals surface area contributed by atoms with Crippen molar-refractivity contribution in [2.24, 2.45) is 11.8 Å². The van der Waals surface area contributed by atoms with Crippen LogP contribution < -0.4 is 0 Å². The summed E-state index contributed by atoms with van der Waals surface area (Å²) in [6.07, 6.45) is 11.2. The van der Waals surface area contributed by atoms with Crippen LogP contribution in [0.2, 0.25) is 0 Å². The molecular formula is C19H28. The highest BCUT2D eigenvalue weighted by Gasteiger charge is 2.23. The van der Waals surface area contributed by atoms with E-state index in [-0.39, 0.29) is 0 Å². The summed E-state index contributed by atoms with van der Waals surface area (Å²) in [6, 6.07) is 10.7. The van der Waals surface area contributed by atoms with E-state index in [0.29, 0.717) is 0 Å². The lowest BCUT2D eigenvalue weighted by molar-refractivity contribution is 0.294. The van der Waals surface area contributed by atoms with Gasteiger partial charge < -0.3 is 0 Å². The zero-order valence-electron chi connectivity index (χ0n) is 12.4. The summed E-state index contributed by atoms with van der Waals surface area (Å²) >= 11 is 0. The molecule has 19 heavy (non-hydrogen) atoms. The first-order chi connectivity index (χ1) is 9.31. The molecule has 0 bridgehead atoms. The van der Waals surface area contributed by atoms with E-state index in [9.17, 15) is 0 Å². The van der Waals surface area contributed by atoms with Crippen molar-refractivity contribution < 1.29 is 0 Å². The van der Waals surface area contributed by atoms with E-state index in [1.54, 1.807) is 0 Å². The molecule has 0 radical (unpaired) electrons. The largest absolute Gasteiger partial charge is 0.0950 e. The average molecular weight is 256 g/mol. The maximum absolute atomic E-state index is 4.35. The number of unbranched alkanes of at least 4 members (excludes halogenated alkanes) is 2. The van der Waals surface area contributed by atoms with Crippen molar-refractivity contribution in [3.63, 3.8) is 0 Å². The van der Waals surface area contributed by atoms with Crippen LogP contribution in [0.3, 0.4) is 0 Å². The van der Waals surface area contributed by atoms with Crippen LogP contribution in [0.15, 0.2) is 36.9 Å². The molecule has 1 aliphatic rings. The van der Waals surface area contributed by atoms with Crippen LogP contribution in [-0.2, 0) is 0 Å². The Morgan fingerprint density at radius 2 is 1.74 bits per heavy atom. The smallest absolute Gasteiger partial charge is 0.0162 e. The fraction of sp³-hybridized carbons (Fsp3) is 0.579. The van der Waals surface area contributed by atoms with Crippen LogP contribution in [0.4, 0.5) is 0 Å². The molecule has 0 spiro atoms. The minimum atomic E-state index is 0.727. The molecule has 0 aliphatic heterocycles. The second-order valence-corrected chi connectivity index (χ2v) is 6.10. The zero-order chi connectivity index (χ0) is 13.5. The van der Waals surface area contributed by atoms with Crippen LogP contribution >= 0.6 is 0 Å². The van der Waals surface area contributed by atoms with Crippen LogP contribution in [-0.4, -0.2) is 0 Å². The fourth-order valence-corrected chi connectivity index (χ4v) is 3.37. The molecule has 0 unspecified atom stereocenters. The SMILES string of the molecule is C=C(c1ccccc1)C1CCC(CCCCC)CC1. The lowest BCUT2D eigenvalue weighted by Gasteiger charge is -2.30. The van der Waals surface area contributed by atoms with Gasteiger partial charge in [0, 0.05) is 0 Å². The topological polar surface area (TPSA) is 0 Å². The van der Waals surface area contributed by atoms with Crippen molar-refractivity contribution in [2.75, 3.05) is 0 Å². The Bertz CT molecular complexity index is 368. The minimum absolute atomic E-state index is 0.727. The Morgan fingerprint density at radius 1 is 1.05 bits per heavy atom. The highest BCUT2D eigenvalue weighted by atomic mass is 14.3.